The Hall–Kier alpha value is -2.71. The lowest BCUT2D eigenvalue weighted by atomic mass is 9.96. The highest BCUT2D eigenvalue weighted by atomic mass is 35.5. The van der Waals surface area contributed by atoms with Crippen molar-refractivity contribution in [3.8, 4) is 22.6 Å². The maximum Gasteiger partial charge on any atom is 0.127 e. The smallest absolute Gasteiger partial charge is 0.127 e. The Kier molecular flexibility index (Phi) is 6.20. The fraction of sp³-hybridized carbons (Fsp3) is 0.167. The van der Waals surface area contributed by atoms with Crippen molar-refractivity contribution < 1.29 is 9.47 Å². The second kappa shape index (κ2) is 8.79. The lowest BCUT2D eigenvalue weighted by Gasteiger charge is -2.12. The van der Waals surface area contributed by atoms with E-state index in [0.717, 1.165) is 22.6 Å². The molecule has 0 aromatic heterocycles. The first-order valence-corrected chi connectivity index (χ1v) is 9.35. The molecule has 0 N–H and O–H groups in total. The first kappa shape index (κ1) is 19.1. The minimum Gasteiger partial charge on any atom is -0.496 e. The number of hydrogen-bond acceptors (Lipinski definition) is 2. The van der Waals surface area contributed by atoms with Crippen molar-refractivity contribution in [2.75, 3.05) is 14.2 Å². The maximum absolute atomic E-state index is 6.04. The predicted octanol–water partition coefficient (Wildman–Crippen LogP) is 6.59. The SMILES string of the molecule is COc1cc(/C=C/c2cccc(-c3ccccc3)c2C)cc(OC)c1CCl. The van der Waals surface area contributed by atoms with Crippen molar-refractivity contribution in [3.63, 3.8) is 0 Å². The lowest BCUT2D eigenvalue weighted by Crippen LogP contribution is -1.95. The van der Waals surface area contributed by atoms with Gasteiger partial charge >= 0.3 is 0 Å². The number of alkyl halides is 1. The molecule has 0 spiro atoms. The van der Waals surface area contributed by atoms with Crippen LogP contribution in [0.4, 0.5) is 0 Å². The number of hydrogen-bond donors (Lipinski definition) is 0. The largest absolute Gasteiger partial charge is 0.496 e. The highest BCUT2D eigenvalue weighted by Gasteiger charge is 2.11. The Morgan fingerprint density at radius 2 is 1.52 bits per heavy atom. The molecule has 0 saturated heterocycles. The molecule has 138 valence electrons. The van der Waals surface area contributed by atoms with Crippen molar-refractivity contribution in [3.05, 3.63) is 82.9 Å². The standard InChI is InChI=1S/C24H23ClO2/c1-17-19(10-7-11-21(17)20-8-5-4-6-9-20)13-12-18-14-23(26-2)22(16-25)24(15-18)27-3/h4-15H,16H2,1-3H3/b13-12+. The molecule has 0 heterocycles. The molecule has 3 rings (SSSR count). The Morgan fingerprint density at radius 3 is 2.11 bits per heavy atom. The van der Waals surface area contributed by atoms with Crippen LogP contribution >= 0.6 is 11.6 Å². The van der Waals surface area contributed by atoms with Crippen LogP contribution in [0, 0.1) is 6.92 Å². The van der Waals surface area contributed by atoms with E-state index in [2.05, 4.69) is 61.5 Å². The van der Waals surface area contributed by atoms with Gasteiger partial charge in [0.2, 0.25) is 0 Å². The first-order valence-electron chi connectivity index (χ1n) is 8.82. The van der Waals surface area contributed by atoms with E-state index in [-0.39, 0.29) is 0 Å². The molecule has 3 aromatic rings. The van der Waals surface area contributed by atoms with Crippen molar-refractivity contribution in [1.29, 1.82) is 0 Å². The topological polar surface area (TPSA) is 18.5 Å². The van der Waals surface area contributed by atoms with Gasteiger partial charge in [-0.1, -0.05) is 60.7 Å². The van der Waals surface area contributed by atoms with E-state index >= 15 is 0 Å². The third-order valence-corrected chi connectivity index (χ3v) is 4.95. The van der Waals surface area contributed by atoms with Gasteiger partial charge < -0.3 is 9.47 Å². The average molecular weight is 379 g/mol. The Morgan fingerprint density at radius 1 is 0.852 bits per heavy atom. The normalized spacial score (nSPS) is 11.0. The average Bonchev–Trinajstić information content (AvgIpc) is 2.72. The summed E-state index contributed by atoms with van der Waals surface area (Å²) in [6.07, 6.45) is 4.19. The molecule has 3 heteroatoms. The van der Waals surface area contributed by atoms with Gasteiger partial charge in [-0.15, -0.1) is 11.6 Å². The van der Waals surface area contributed by atoms with E-state index < -0.39 is 0 Å². The van der Waals surface area contributed by atoms with Crippen LogP contribution in [-0.4, -0.2) is 14.2 Å². The molecule has 0 aliphatic rings. The molecule has 0 bridgehead atoms. The highest BCUT2D eigenvalue weighted by molar-refractivity contribution is 6.17. The first-order chi connectivity index (χ1) is 13.2. The summed E-state index contributed by atoms with van der Waals surface area (Å²) in [5, 5.41) is 0. The van der Waals surface area contributed by atoms with Crippen LogP contribution in [0.2, 0.25) is 0 Å². The van der Waals surface area contributed by atoms with Crippen LogP contribution in [-0.2, 0) is 5.88 Å². The van der Waals surface area contributed by atoms with Crippen LogP contribution in [0.1, 0.15) is 22.3 Å². The van der Waals surface area contributed by atoms with Crippen molar-refractivity contribution in [2.24, 2.45) is 0 Å². The van der Waals surface area contributed by atoms with Crippen LogP contribution < -0.4 is 9.47 Å². The summed E-state index contributed by atoms with van der Waals surface area (Å²) < 4.78 is 10.9. The van der Waals surface area contributed by atoms with Gasteiger partial charge in [-0.25, -0.2) is 0 Å². The summed E-state index contributed by atoms with van der Waals surface area (Å²) in [5.74, 6) is 1.81. The molecule has 0 fully saturated rings. The number of ether oxygens (including phenoxy) is 2. The third-order valence-electron chi connectivity index (χ3n) is 4.68. The Bertz CT molecular complexity index is 921. The van der Waals surface area contributed by atoms with Gasteiger partial charge in [0.25, 0.3) is 0 Å². The summed E-state index contributed by atoms with van der Waals surface area (Å²) >= 11 is 6.04. The summed E-state index contributed by atoms with van der Waals surface area (Å²) in [4.78, 5) is 0. The van der Waals surface area contributed by atoms with E-state index in [0.29, 0.717) is 5.88 Å². The van der Waals surface area contributed by atoms with Crippen LogP contribution in [0.5, 0.6) is 11.5 Å². The molecule has 27 heavy (non-hydrogen) atoms. The van der Waals surface area contributed by atoms with E-state index in [1.54, 1.807) is 14.2 Å². The van der Waals surface area contributed by atoms with Crippen molar-refractivity contribution in [2.45, 2.75) is 12.8 Å². The molecule has 0 radical (unpaired) electrons. The maximum atomic E-state index is 6.04. The van der Waals surface area contributed by atoms with Gasteiger partial charge in [0.15, 0.2) is 0 Å². The van der Waals surface area contributed by atoms with E-state index in [4.69, 9.17) is 21.1 Å². The van der Waals surface area contributed by atoms with Gasteiger partial charge in [0.1, 0.15) is 11.5 Å². The zero-order chi connectivity index (χ0) is 19.2. The van der Waals surface area contributed by atoms with Crippen LogP contribution in [0.25, 0.3) is 23.3 Å². The van der Waals surface area contributed by atoms with Gasteiger partial charge in [-0.05, 0) is 46.9 Å². The minimum atomic E-state index is 0.342. The molecular formula is C24H23ClO2. The minimum absolute atomic E-state index is 0.342. The van der Waals surface area contributed by atoms with Gasteiger partial charge in [-0.2, -0.15) is 0 Å². The summed E-state index contributed by atoms with van der Waals surface area (Å²) in [7, 11) is 3.29. The van der Waals surface area contributed by atoms with E-state index in [9.17, 15) is 0 Å². The van der Waals surface area contributed by atoms with Gasteiger partial charge in [0.05, 0.1) is 25.7 Å². The van der Waals surface area contributed by atoms with Crippen molar-refractivity contribution >= 4 is 23.8 Å². The fourth-order valence-corrected chi connectivity index (χ4v) is 3.45. The third kappa shape index (κ3) is 4.17. The molecule has 0 saturated carbocycles. The predicted molar refractivity (Wildman–Crippen MR) is 115 cm³/mol. The van der Waals surface area contributed by atoms with Crippen molar-refractivity contribution in [1.82, 2.24) is 0 Å². The van der Waals surface area contributed by atoms with E-state index in [1.165, 1.54) is 22.3 Å². The van der Waals surface area contributed by atoms with E-state index in [1.807, 2.05) is 18.2 Å². The summed E-state index contributed by atoms with van der Waals surface area (Å²) in [6, 6.07) is 20.8. The van der Waals surface area contributed by atoms with Crippen LogP contribution in [0.15, 0.2) is 60.7 Å². The molecule has 0 aliphatic carbocycles. The molecule has 0 amide bonds. The monoisotopic (exact) mass is 378 g/mol. The molecular weight excluding hydrogens is 356 g/mol. The number of benzene rings is 3. The quantitative estimate of drug-likeness (QED) is 0.356. The second-order valence-electron chi connectivity index (χ2n) is 6.26. The summed E-state index contributed by atoms with van der Waals surface area (Å²) in [6.45, 7) is 2.15. The zero-order valence-corrected chi connectivity index (χ0v) is 16.6. The summed E-state index contributed by atoms with van der Waals surface area (Å²) in [5.41, 5.74) is 6.75. The number of rotatable bonds is 6. The Balaban J connectivity index is 1.97. The zero-order valence-electron chi connectivity index (χ0n) is 15.8. The Labute approximate surface area is 166 Å². The van der Waals surface area contributed by atoms with Gasteiger partial charge in [0, 0.05) is 0 Å². The highest BCUT2D eigenvalue weighted by Crippen LogP contribution is 2.33. The molecule has 3 aromatic carbocycles. The second-order valence-corrected chi connectivity index (χ2v) is 6.52. The molecule has 0 unspecified atom stereocenters. The lowest BCUT2D eigenvalue weighted by molar-refractivity contribution is 0.388. The fourth-order valence-electron chi connectivity index (χ4n) is 3.18. The molecule has 2 nitrogen and oxygen atoms in total. The van der Waals surface area contributed by atoms with Crippen LogP contribution in [0.3, 0.4) is 0 Å². The van der Waals surface area contributed by atoms with Gasteiger partial charge in [-0.3, -0.25) is 0 Å². The number of halogens is 1. The molecule has 0 atom stereocenters. The molecule has 0 aliphatic heterocycles. The number of methoxy groups -OCH3 is 2.